The van der Waals surface area contributed by atoms with Gasteiger partial charge in [-0.1, -0.05) is 46.0 Å². The second-order valence-corrected chi connectivity index (χ2v) is 8.24. The first kappa shape index (κ1) is 17.3. The van der Waals surface area contributed by atoms with Crippen molar-refractivity contribution in [2.75, 3.05) is 13.7 Å². The van der Waals surface area contributed by atoms with Gasteiger partial charge in [-0.05, 0) is 57.4 Å². The van der Waals surface area contributed by atoms with Crippen molar-refractivity contribution in [1.29, 1.82) is 0 Å². The van der Waals surface area contributed by atoms with E-state index in [0.29, 0.717) is 11.5 Å². The summed E-state index contributed by atoms with van der Waals surface area (Å²) in [4.78, 5) is 0. The first-order valence-corrected chi connectivity index (χ1v) is 9.32. The number of nitrogens with one attached hydrogen (secondary N) is 1. The van der Waals surface area contributed by atoms with Crippen LogP contribution >= 0.6 is 0 Å². The highest BCUT2D eigenvalue weighted by Crippen LogP contribution is 2.45. The summed E-state index contributed by atoms with van der Waals surface area (Å²) in [7, 11) is 2.15. The average Bonchev–Trinajstić information content (AvgIpc) is 2.49. The van der Waals surface area contributed by atoms with Crippen LogP contribution in [0.5, 0.6) is 0 Å². The topological polar surface area (TPSA) is 21.3 Å². The lowest BCUT2D eigenvalue weighted by molar-refractivity contribution is -0.109. The van der Waals surface area contributed by atoms with Crippen LogP contribution in [0, 0.1) is 11.3 Å². The van der Waals surface area contributed by atoms with Gasteiger partial charge in [0.1, 0.15) is 0 Å². The lowest BCUT2D eigenvalue weighted by Gasteiger charge is -2.48. The van der Waals surface area contributed by atoms with E-state index in [1.54, 1.807) is 0 Å². The lowest BCUT2D eigenvalue weighted by atomic mass is 9.66. The molecule has 2 rings (SSSR count). The number of hydrogen-bond acceptors (Lipinski definition) is 2. The van der Waals surface area contributed by atoms with E-state index in [-0.39, 0.29) is 5.60 Å². The predicted octanol–water partition coefficient (Wildman–Crippen LogP) is 4.92. The maximum atomic E-state index is 6.40. The summed E-state index contributed by atoms with van der Waals surface area (Å²) in [5.41, 5.74) is 0.597. The van der Waals surface area contributed by atoms with E-state index in [9.17, 15) is 0 Å². The average molecular weight is 296 g/mol. The standard InChI is InChI=1S/C19H37NO/c1-5-21-19(13-11-18(2,3)12-14-19)17(20-4)15-16-9-7-6-8-10-16/h16-17,20H,5-15H2,1-4H3. The zero-order chi connectivity index (χ0) is 15.3. The molecule has 0 saturated heterocycles. The van der Waals surface area contributed by atoms with Gasteiger partial charge in [0.05, 0.1) is 5.60 Å². The number of rotatable bonds is 6. The Labute approximate surface area is 132 Å². The van der Waals surface area contributed by atoms with Gasteiger partial charge < -0.3 is 10.1 Å². The summed E-state index contributed by atoms with van der Waals surface area (Å²) in [6.07, 6.45) is 13.6. The van der Waals surface area contributed by atoms with Gasteiger partial charge in [-0.3, -0.25) is 0 Å². The van der Waals surface area contributed by atoms with E-state index >= 15 is 0 Å². The minimum absolute atomic E-state index is 0.0937. The summed E-state index contributed by atoms with van der Waals surface area (Å²) in [5.74, 6) is 0.920. The Bertz CT molecular complexity index is 297. The molecule has 0 aromatic heterocycles. The predicted molar refractivity (Wildman–Crippen MR) is 90.6 cm³/mol. The molecule has 0 aromatic carbocycles. The summed E-state index contributed by atoms with van der Waals surface area (Å²) < 4.78 is 6.40. The van der Waals surface area contributed by atoms with Crippen molar-refractivity contribution < 1.29 is 4.74 Å². The molecule has 0 spiro atoms. The van der Waals surface area contributed by atoms with Crippen molar-refractivity contribution in [2.45, 2.75) is 96.6 Å². The Hall–Kier alpha value is -0.0800. The molecule has 0 aromatic rings. The third-order valence-electron chi connectivity index (χ3n) is 6.16. The third kappa shape index (κ3) is 4.45. The summed E-state index contributed by atoms with van der Waals surface area (Å²) in [6, 6.07) is 0.539. The molecule has 0 aliphatic heterocycles. The fraction of sp³-hybridized carbons (Fsp3) is 1.00. The molecule has 1 unspecified atom stereocenters. The Morgan fingerprint density at radius 3 is 2.19 bits per heavy atom. The van der Waals surface area contributed by atoms with Gasteiger partial charge in [0, 0.05) is 12.6 Å². The van der Waals surface area contributed by atoms with E-state index in [1.165, 1.54) is 64.2 Å². The van der Waals surface area contributed by atoms with Gasteiger partial charge in [-0.2, -0.15) is 0 Å². The van der Waals surface area contributed by atoms with Crippen LogP contribution < -0.4 is 5.32 Å². The fourth-order valence-corrected chi connectivity index (χ4v) is 4.58. The van der Waals surface area contributed by atoms with Crippen molar-refractivity contribution in [3.8, 4) is 0 Å². The van der Waals surface area contributed by atoms with Gasteiger partial charge in [-0.15, -0.1) is 0 Å². The van der Waals surface area contributed by atoms with Crippen molar-refractivity contribution >= 4 is 0 Å². The third-order valence-corrected chi connectivity index (χ3v) is 6.16. The summed E-state index contributed by atoms with van der Waals surface area (Å²) in [6.45, 7) is 7.84. The molecule has 2 aliphatic rings. The van der Waals surface area contributed by atoms with Crippen LogP contribution in [-0.4, -0.2) is 25.3 Å². The van der Waals surface area contributed by atoms with Crippen molar-refractivity contribution in [3.05, 3.63) is 0 Å². The molecule has 2 saturated carbocycles. The first-order chi connectivity index (χ1) is 10.0. The van der Waals surface area contributed by atoms with E-state index in [1.807, 2.05) is 0 Å². The monoisotopic (exact) mass is 295 g/mol. The first-order valence-electron chi connectivity index (χ1n) is 9.32. The Kier molecular flexibility index (Phi) is 6.14. The van der Waals surface area contributed by atoms with E-state index in [0.717, 1.165) is 12.5 Å². The molecule has 0 bridgehead atoms. The van der Waals surface area contributed by atoms with Crippen LogP contribution in [0.4, 0.5) is 0 Å². The highest BCUT2D eigenvalue weighted by atomic mass is 16.5. The van der Waals surface area contributed by atoms with Crippen LogP contribution in [0.2, 0.25) is 0 Å². The molecule has 1 atom stereocenters. The van der Waals surface area contributed by atoms with Crippen LogP contribution in [0.15, 0.2) is 0 Å². The quantitative estimate of drug-likeness (QED) is 0.751. The molecule has 2 aliphatic carbocycles. The molecule has 21 heavy (non-hydrogen) atoms. The molecular formula is C19H37NO. The van der Waals surface area contributed by atoms with Gasteiger partial charge in [0.25, 0.3) is 0 Å². The minimum Gasteiger partial charge on any atom is -0.374 e. The highest BCUT2D eigenvalue weighted by molar-refractivity contribution is 4.99. The summed E-state index contributed by atoms with van der Waals surface area (Å²) in [5, 5.41) is 3.65. The fourth-order valence-electron chi connectivity index (χ4n) is 4.58. The van der Waals surface area contributed by atoms with E-state index in [2.05, 4.69) is 33.1 Å². The van der Waals surface area contributed by atoms with Crippen LogP contribution in [0.25, 0.3) is 0 Å². The minimum atomic E-state index is 0.0937. The molecule has 124 valence electrons. The zero-order valence-corrected chi connectivity index (χ0v) is 14.8. The largest absolute Gasteiger partial charge is 0.374 e. The van der Waals surface area contributed by atoms with Crippen molar-refractivity contribution in [1.82, 2.24) is 5.32 Å². The van der Waals surface area contributed by atoms with Gasteiger partial charge in [0.2, 0.25) is 0 Å². The van der Waals surface area contributed by atoms with Crippen LogP contribution in [0.1, 0.15) is 85.0 Å². The second kappa shape index (κ2) is 7.46. The van der Waals surface area contributed by atoms with Crippen molar-refractivity contribution in [3.63, 3.8) is 0 Å². The summed E-state index contributed by atoms with van der Waals surface area (Å²) >= 11 is 0. The molecule has 2 heteroatoms. The van der Waals surface area contributed by atoms with Gasteiger partial charge >= 0.3 is 0 Å². The Balaban J connectivity index is 2.03. The van der Waals surface area contributed by atoms with Crippen LogP contribution in [-0.2, 0) is 4.74 Å². The second-order valence-electron chi connectivity index (χ2n) is 8.24. The van der Waals surface area contributed by atoms with E-state index in [4.69, 9.17) is 4.74 Å². The van der Waals surface area contributed by atoms with Crippen molar-refractivity contribution in [2.24, 2.45) is 11.3 Å². The lowest BCUT2D eigenvalue weighted by Crippen LogP contribution is -2.55. The highest BCUT2D eigenvalue weighted by Gasteiger charge is 2.44. The molecule has 0 radical (unpaired) electrons. The SMILES string of the molecule is CCOC1(C(CC2CCCCC2)NC)CCC(C)(C)CC1. The number of ether oxygens (including phenoxy) is 1. The molecule has 1 N–H and O–H groups in total. The molecule has 2 nitrogen and oxygen atoms in total. The smallest absolute Gasteiger partial charge is 0.0834 e. The maximum absolute atomic E-state index is 6.40. The number of likely N-dealkylation sites (N-methyl/N-ethyl adjacent to an activating group) is 1. The maximum Gasteiger partial charge on any atom is 0.0834 e. The van der Waals surface area contributed by atoms with E-state index < -0.39 is 0 Å². The van der Waals surface area contributed by atoms with Gasteiger partial charge in [-0.25, -0.2) is 0 Å². The molecular weight excluding hydrogens is 258 g/mol. The molecule has 2 fully saturated rings. The normalized spacial score (nSPS) is 27.4. The van der Waals surface area contributed by atoms with Gasteiger partial charge in [0.15, 0.2) is 0 Å². The number of hydrogen-bond donors (Lipinski definition) is 1. The Morgan fingerprint density at radius 2 is 1.67 bits per heavy atom. The molecule has 0 heterocycles. The Morgan fingerprint density at radius 1 is 1.05 bits per heavy atom. The molecule has 0 amide bonds. The zero-order valence-electron chi connectivity index (χ0n) is 14.8. The van der Waals surface area contributed by atoms with Crippen LogP contribution in [0.3, 0.4) is 0 Å².